The Hall–Kier alpha value is 0.269. The third-order valence-electron chi connectivity index (χ3n) is 4.26. The van der Waals surface area contributed by atoms with Crippen molar-refractivity contribution in [3.8, 4) is 10.7 Å². The Kier molecular flexibility index (Phi) is 7.43. The molecule has 1 unspecified atom stereocenters. The summed E-state index contributed by atoms with van der Waals surface area (Å²) in [5.41, 5.74) is -0.0769. The first kappa shape index (κ1) is 19.3. The topological polar surface area (TPSA) is 9.23 Å². The van der Waals surface area contributed by atoms with E-state index in [1.54, 1.807) is 0 Å². The fraction of sp³-hybridized carbons (Fsp3) is 0.875. The van der Waals surface area contributed by atoms with Gasteiger partial charge in [-0.2, -0.15) is 0 Å². The van der Waals surface area contributed by atoms with Gasteiger partial charge in [-0.15, -0.1) is 5.92 Å². The van der Waals surface area contributed by atoms with Crippen molar-refractivity contribution in [3.63, 3.8) is 0 Å². The molecule has 0 N–H and O–H groups in total. The quantitative estimate of drug-likeness (QED) is 0.508. The molecule has 1 atom stereocenters. The van der Waals surface area contributed by atoms with Gasteiger partial charge in [-0.25, -0.2) is 4.78 Å². The third-order valence-corrected chi connectivity index (χ3v) is 8.89. The predicted octanol–water partition coefficient (Wildman–Crippen LogP) is 4.72. The van der Waals surface area contributed by atoms with Crippen LogP contribution in [-0.4, -0.2) is 30.7 Å². The second-order valence-corrected chi connectivity index (χ2v) is 12.5. The molecule has 0 amide bonds. The first-order valence-corrected chi connectivity index (χ1v) is 10.9. The predicted molar refractivity (Wildman–Crippen MR) is 88.9 cm³/mol. The minimum atomic E-state index is -1.73. The van der Waals surface area contributed by atoms with Gasteiger partial charge in [-0.1, -0.05) is 40.5 Å². The maximum Gasteiger partial charge on any atom is 0.263 e. The molecule has 0 aliphatic carbocycles. The molecule has 0 aromatic heterocycles. The van der Waals surface area contributed by atoms with E-state index < -0.39 is 8.32 Å². The maximum absolute atomic E-state index is 6.65. The van der Waals surface area contributed by atoms with Gasteiger partial charge < -0.3 is 4.43 Å². The van der Waals surface area contributed by atoms with E-state index in [-0.39, 0.29) is 16.6 Å². The van der Waals surface area contributed by atoms with E-state index >= 15 is 0 Å². The zero-order chi connectivity index (χ0) is 15.3. The molecular weight excluding hydrogens is 263 g/mol. The van der Waals surface area contributed by atoms with Crippen LogP contribution in [0.4, 0.5) is 0 Å². The van der Waals surface area contributed by atoms with Gasteiger partial charge in [0.2, 0.25) is 0 Å². The maximum atomic E-state index is 6.65. The van der Waals surface area contributed by atoms with Crippen molar-refractivity contribution in [3.05, 3.63) is 0 Å². The van der Waals surface area contributed by atoms with Gasteiger partial charge in [0.1, 0.15) is 0 Å². The summed E-state index contributed by atoms with van der Waals surface area (Å²) in [7, 11) is -1.73. The van der Waals surface area contributed by atoms with Gasteiger partial charge >= 0.3 is 0 Å². The lowest BCUT2D eigenvalue weighted by atomic mass is 9.85. The average Bonchev–Trinajstić information content (AvgIpc) is 2.22. The standard InChI is InChI=1S/C16H31OSi.Al/c1-10-12-13-14(16(6,7)11-2)17-18(8,9)15(3,4)5;/h14H,10,12-13H2,1,3-9H3;. The first-order valence-electron chi connectivity index (χ1n) is 7.38. The molecule has 2 radical (unpaired) electrons. The summed E-state index contributed by atoms with van der Waals surface area (Å²) in [6.07, 6.45) is 3.76. The highest BCUT2D eigenvalue weighted by molar-refractivity contribution is 6.74. The van der Waals surface area contributed by atoms with Crippen molar-refractivity contribution < 1.29 is 4.43 Å². The van der Waals surface area contributed by atoms with Gasteiger partial charge in [-0.05, 0) is 38.4 Å². The zero-order valence-electron chi connectivity index (χ0n) is 14.2. The SMILES string of the molecule is CCCCC(O[Si](C)(C)C(C)(C)C)C(C)(C)C#[C][Al]. The summed E-state index contributed by atoms with van der Waals surface area (Å²) in [5.74, 6) is 3.32. The molecule has 0 rings (SSSR count). The Morgan fingerprint density at radius 1 is 1.16 bits per heavy atom. The molecule has 0 spiro atoms. The van der Waals surface area contributed by atoms with Crippen LogP contribution in [0.5, 0.6) is 0 Å². The van der Waals surface area contributed by atoms with Gasteiger partial charge in [0.05, 0.1) is 6.10 Å². The fourth-order valence-electron chi connectivity index (χ4n) is 1.76. The highest BCUT2D eigenvalue weighted by atomic mass is 28.4. The molecule has 0 aliphatic rings. The van der Waals surface area contributed by atoms with Crippen molar-refractivity contribution in [2.45, 2.75) is 85.0 Å². The minimum absolute atomic E-state index is 0.0769. The molecule has 0 fully saturated rings. The van der Waals surface area contributed by atoms with E-state index in [2.05, 4.69) is 81.6 Å². The summed E-state index contributed by atoms with van der Waals surface area (Å²) < 4.78 is 6.65. The molecule has 0 saturated heterocycles. The molecule has 1 nitrogen and oxygen atoms in total. The van der Waals surface area contributed by atoms with Gasteiger partial charge in [0, 0.05) is 5.41 Å². The van der Waals surface area contributed by atoms with Crippen LogP contribution in [0.25, 0.3) is 0 Å². The van der Waals surface area contributed by atoms with Gasteiger partial charge in [0.25, 0.3) is 16.3 Å². The summed E-state index contributed by atoms with van der Waals surface area (Å²) >= 11 is 2.51. The van der Waals surface area contributed by atoms with Crippen LogP contribution in [0.1, 0.15) is 60.8 Å². The van der Waals surface area contributed by atoms with E-state index in [1.165, 1.54) is 12.8 Å². The molecule has 0 aliphatic heterocycles. The lowest BCUT2D eigenvalue weighted by Crippen LogP contribution is -2.47. The normalized spacial score (nSPS) is 14.7. The van der Waals surface area contributed by atoms with E-state index in [0.717, 1.165) is 6.42 Å². The second kappa shape index (κ2) is 7.33. The molecule has 19 heavy (non-hydrogen) atoms. The first-order chi connectivity index (χ1) is 8.48. The summed E-state index contributed by atoms with van der Waals surface area (Å²) in [4.78, 5) is 2.99. The molecular formula is C16H31AlOSi. The molecule has 3 heteroatoms. The van der Waals surface area contributed by atoms with Crippen LogP contribution in [0.2, 0.25) is 18.1 Å². The Morgan fingerprint density at radius 3 is 2.05 bits per heavy atom. The summed E-state index contributed by atoms with van der Waals surface area (Å²) in [5, 5.41) is 0.252. The molecule has 0 saturated carbocycles. The lowest BCUT2D eigenvalue weighted by molar-refractivity contribution is 0.0871. The highest BCUT2D eigenvalue weighted by Gasteiger charge is 2.42. The van der Waals surface area contributed by atoms with Gasteiger partial charge in [-0.3, -0.25) is 0 Å². The third kappa shape index (κ3) is 6.05. The number of hydrogen-bond acceptors (Lipinski definition) is 1. The lowest BCUT2D eigenvalue weighted by Gasteiger charge is -2.43. The number of rotatable bonds is 6. The Morgan fingerprint density at radius 2 is 1.68 bits per heavy atom. The van der Waals surface area contributed by atoms with Crippen LogP contribution < -0.4 is 0 Å². The molecule has 0 bridgehead atoms. The van der Waals surface area contributed by atoms with Crippen LogP contribution in [0, 0.1) is 16.1 Å². The van der Waals surface area contributed by atoms with Crippen molar-refractivity contribution in [1.82, 2.24) is 0 Å². The number of hydrogen-bond donors (Lipinski definition) is 0. The minimum Gasteiger partial charge on any atom is -0.412 e. The molecule has 108 valence electrons. The zero-order valence-corrected chi connectivity index (χ0v) is 16.3. The monoisotopic (exact) mass is 294 g/mol. The van der Waals surface area contributed by atoms with Crippen molar-refractivity contribution in [1.29, 1.82) is 0 Å². The van der Waals surface area contributed by atoms with E-state index in [4.69, 9.17) is 4.43 Å². The average molecular weight is 294 g/mol. The van der Waals surface area contributed by atoms with E-state index in [1.807, 2.05) is 0 Å². The van der Waals surface area contributed by atoms with Gasteiger partial charge in [0.15, 0.2) is 8.32 Å². The highest BCUT2D eigenvalue weighted by Crippen LogP contribution is 2.40. The van der Waals surface area contributed by atoms with Crippen LogP contribution >= 0.6 is 0 Å². The Labute approximate surface area is 130 Å². The van der Waals surface area contributed by atoms with Crippen molar-refractivity contribution in [2.24, 2.45) is 5.41 Å². The van der Waals surface area contributed by atoms with Crippen LogP contribution in [0.3, 0.4) is 0 Å². The van der Waals surface area contributed by atoms with Crippen LogP contribution in [0.15, 0.2) is 0 Å². The van der Waals surface area contributed by atoms with E-state index in [9.17, 15) is 0 Å². The fourth-order valence-corrected chi connectivity index (χ4v) is 3.60. The summed E-state index contributed by atoms with van der Waals surface area (Å²) in [6.45, 7) is 18.2. The number of unbranched alkanes of at least 4 members (excludes halogenated alkanes) is 1. The van der Waals surface area contributed by atoms with Crippen LogP contribution in [-0.2, 0) is 4.43 Å². The Balaban J connectivity index is 5.11. The summed E-state index contributed by atoms with van der Waals surface area (Å²) in [6, 6.07) is 0. The molecule has 0 aromatic carbocycles. The molecule has 0 heterocycles. The van der Waals surface area contributed by atoms with Crippen molar-refractivity contribution >= 4 is 24.6 Å². The van der Waals surface area contributed by atoms with Crippen molar-refractivity contribution in [2.75, 3.05) is 0 Å². The Bertz CT molecular complexity index is 331. The van der Waals surface area contributed by atoms with E-state index in [0.29, 0.717) is 0 Å². The smallest absolute Gasteiger partial charge is 0.263 e. The second-order valence-electron chi connectivity index (χ2n) is 7.50. The largest absolute Gasteiger partial charge is 0.412 e. The molecule has 0 aromatic rings.